The lowest BCUT2D eigenvalue weighted by Gasteiger charge is -2.32. The summed E-state index contributed by atoms with van der Waals surface area (Å²) in [7, 11) is 6.43. The van der Waals surface area contributed by atoms with Gasteiger partial charge in [-0.2, -0.15) is 0 Å². The zero-order chi connectivity index (χ0) is 37.3. The fourth-order valence-electron chi connectivity index (χ4n) is 6.65. The fourth-order valence-corrected chi connectivity index (χ4v) is 6.78. The lowest BCUT2D eigenvalue weighted by Crippen LogP contribution is -2.31. The monoisotopic (exact) mass is 724 g/mol. The molecule has 0 aromatic heterocycles. The maximum Gasteiger partial charge on any atom is 0.127 e. The van der Waals surface area contributed by atoms with Gasteiger partial charge in [0.1, 0.15) is 18.0 Å². The summed E-state index contributed by atoms with van der Waals surface area (Å²) >= 11 is 6.07. The van der Waals surface area contributed by atoms with Crippen molar-refractivity contribution >= 4 is 17.2 Å². The summed E-state index contributed by atoms with van der Waals surface area (Å²) in [4.78, 5) is 14.3. The van der Waals surface area contributed by atoms with Gasteiger partial charge in [0, 0.05) is 42.9 Å². The molecule has 278 valence electrons. The summed E-state index contributed by atoms with van der Waals surface area (Å²) in [5.41, 5.74) is 6.89. The van der Waals surface area contributed by atoms with Gasteiger partial charge in [-0.25, -0.2) is 0 Å². The zero-order valence-corrected chi connectivity index (χ0v) is 32.7. The molecule has 2 aliphatic heterocycles. The average molecular weight is 725 g/mol. The van der Waals surface area contributed by atoms with Crippen LogP contribution in [-0.2, 0) is 16.9 Å². The van der Waals surface area contributed by atoms with Crippen LogP contribution in [0.25, 0.3) is 5.57 Å². The summed E-state index contributed by atoms with van der Waals surface area (Å²) in [6, 6.07) is 36.0. The Hall–Kier alpha value is -4.01. The van der Waals surface area contributed by atoms with Crippen LogP contribution in [0.4, 0.5) is 0 Å². The minimum Gasteiger partial charge on any atom is -0.488 e. The van der Waals surface area contributed by atoms with E-state index in [0.29, 0.717) is 25.7 Å². The molecule has 52 heavy (non-hydrogen) atoms. The number of fused-ring (bicyclic) bond motifs is 2. The van der Waals surface area contributed by atoms with Crippen molar-refractivity contribution in [2.24, 2.45) is 5.29 Å². The van der Waals surface area contributed by atoms with Crippen molar-refractivity contribution in [3.05, 3.63) is 147 Å². The Morgan fingerprint density at radius 2 is 1.54 bits per heavy atom. The molecule has 2 heterocycles. The van der Waals surface area contributed by atoms with Gasteiger partial charge in [-0.3, -0.25) is 5.01 Å². The Labute approximate surface area is 317 Å². The molecule has 4 aromatic rings. The number of benzene rings is 4. The standard InChI is InChI=1S/C21H26ClNO.C19H21NO.C4H10N2O/c1-21(17-7-4-3-5-8-17,18-10-12-19(22)13-11-18)24-16-14-20-9-6-15-23(20)2;1-20(2)13-7-11-17-16-9-4-3-8-15(16)14-21-19-12-6-5-10-18(17)19;1-3-6(4-2)5-7/h3-5,7-8,10-13,20H,6,9,14-16H2,1-2H3;3-6,8-12H,7,13-14H2,1-2H3;3-4H2,1-2H3/t20-,21-;;/m1../s1. The SMILES string of the molecule is CCN(CC)N=O.CN(C)CCC=C1c2ccccc2COc2ccccc21.CN1CCC[C@@H]1CCO[C@](C)(c1ccccc1)c1ccc(Cl)cc1. The highest BCUT2D eigenvalue weighted by molar-refractivity contribution is 6.30. The molecule has 7 nitrogen and oxygen atoms in total. The van der Waals surface area contributed by atoms with E-state index < -0.39 is 5.60 Å². The quantitative estimate of drug-likeness (QED) is 0.107. The molecule has 1 saturated heterocycles. The van der Waals surface area contributed by atoms with Gasteiger partial charge in [0.05, 0.1) is 5.29 Å². The van der Waals surface area contributed by atoms with E-state index in [-0.39, 0.29) is 0 Å². The Morgan fingerprint density at radius 3 is 2.15 bits per heavy atom. The normalized spacial score (nSPS) is 16.9. The van der Waals surface area contributed by atoms with E-state index in [9.17, 15) is 4.91 Å². The first kappa shape index (κ1) is 40.8. The molecule has 0 spiro atoms. The highest BCUT2D eigenvalue weighted by Crippen LogP contribution is 2.37. The molecule has 0 unspecified atom stereocenters. The molecule has 6 rings (SSSR count). The highest BCUT2D eigenvalue weighted by Gasteiger charge is 2.31. The molecular weight excluding hydrogens is 668 g/mol. The van der Waals surface area contributed by atoms with Gasteiger partial charge in [-0.15, -0.1) is 4.91 Å². The van der Waals surface area contributed by atoms with Gasteiger partial charge in [0.2, 0.25) is 0 Å². The van der Waals surface area contributed by atoms with Crippen LogP contribution >= 0.6 is 11.6 Å². The second-order valence-corrected chi connectivity index (χ2v) is 14.1. The summed E-state index contributed by atoms with van der Waals surface area (Å²) in [5.74, 6) is 0.977. The Kier molecular flexibility index (Phi) is 16.4. The number of hydrogen-bond donors (Lipinski definition) is 0. The first-order valence-electron chi connectivity index (χ1n) is 18.6. The van der Waals surface area contributed by atoms with E-state index >= 15 is 0 Å². The zero-order valence-electron chi connectivity index (χ0n) is 31.9. The van der Waals surface area contributed by atoms with Crippen LogP contribution < -0.4 is 4.74 Å². The van der Waals surface area contributed by atoms with Gasteiger partial charge in [0.15, 0.2) is 0 Å². The van der Waals surface area contributed by atoms with Crippen LogP contribution in [0.2, 0.25) is 5.02 Å². The lowest BCUT2D eigenvalue weighted by atomic mass is 9.88. The van der Waals surface area contributed by atoms with E-state index in [2.05, 4.69) is 128 Å². The predicted molar refractivity (Wildman–Crippen MR) is 217 cm³/mol. The molecule has 0 bridgehead atoms. The third-order valence-electron chi connectivity index (χ3n) is 9.87. The van der Waals surface area contributed by atoms with Gasteiger partial charge in [-0.05, 0) is 120 Å². The van der Waals surface area contributed by atoms with Gasteiger partial charge in [-0.1, -0.05) is 103 Å². The molecule has 1 fully saturated rings. The molecule has 0 N–H and O–H groups in total. The van der Waals surface area contributed by atoms with Crippen molar-refractivity contribution in [3.63, 3.8) is 0 Å². The van der Waals surface area contributed by atoms with Gasteiger partial charge in [0.25, 0.3) is 0 Å². The van der Waals surface area contributed by atoms with Crippen molar-refractivity contribution in [3.8, 4) is 5.75 Å². The molecule has 4 aromatic carbocycles. The Bertz CT molecular complexity index is 1630. The van der Waals surface area contributed by atoms with E-state index in [1.807, 2.05) is 38.1 Å². The van der Waals surface area contributed by atoms with Crippen LogP contribution in [0.3, 0.4) is 0 Å². The average Bonchev–Trinajstić information content (AvgIpc) is 3.51. The summed E-state index contributed by atoms with van der Waals surface area (Å²) in [6.45, 7) is 11.0. The predicted octanol–water partition coefficient (Wildman–Crippen LogP) is 10.1. The summed E-state index contributed by atoms with van der Waals surface area (Å²) in [5, 5.41) is 4.90. The number of ether oxygens (including phenoxy) is 2. The maximum atomic E-state index is 9.64. The number of para-hydroxylation sites is 1. The Morgan fingerprint density at radius 1 is 0.904 bits per heavy atom. The molecule has 0 saturated carbocycles. The second-order valence-electron chi connectivity index (χ2n) is 13.7. The van der Waals surface area contributed by atoms with Crippen molar-refractivity contribution in [2.75, 3.05) is 53.9 Å². The molecule has 2 atom stereocenters. The minimum absolute atomic E-state index is 0.455. The molecule has 0 amide bonds. The third-order valence-corrected chi connectivity index (χ3v) is 10.1. The lowest BCUT2D eigenvalue weighted by molar-refractivity contribution is -0.0117. The van der Waals surface area contributed by atoms with E-state index in [4.69, 9.17) is 21.1 Å². The largest absolute Gasteiger partial charge is 0.488 e. The van der Waals surface area contributed by atoms with E-state index in [1.54, 1.807) is 0 Å². The number of rotatable bonds is 12. The topological polar surface area (TPSA) is 57.6 Å². The van der Waals surface area contributed by atoms with Crippen LogP contribution in [-0.4, -0.2) is 74.8 Å². The maximum absolute atomic E-state index is 9.64. The second kappa shape index (κ2) is 20.9. The van der Waals surface area contributed by atoms with Crippen molar-refractivity contribution < 1.29 is 9.47 Å². The van der Waals surface area contributed by atoms with Crippen molar-refractivity contribution in [2.45, 2.75) is 64.7 Å². The van der Waals surface area contributed by atoms with E-state index in [1.165, 1.54) is 52.2 Å². The fraction of sp³-hybridized carbons (Fsp3) is 0.409. The summed E-state index contributed by atoms with van der Waals surface area (Å²) < 4.78 is 12.5. The minimum atomic E-state index is -0.455. The Balaban J connectivity index is 0.000000198. The van der Waals surface area contributed by atoms with Crippen molar-refractivity contribution in [1.82, 2.24) is 14.8 Å². The summed E-state index contributed by atoms with van der Waals surface area (Å²) in [6.07, 6.45) is 7.03. The molecule has 2 aliphatic rings. The third kappa shape index (κ3) is 11.5. The number of nitrogens with zero attached hydrogens (tertiary/aromatic N) is 4. The first-order chi connectivity index (χ1) is 25.2. The van der Waals surface area contributed by atoms with Crippen LogP contribution in [0.15, 0.2) is 114 Å². The van der Waals surface area contributed by atoms with E-state index in [0.717, 1.165) is 42.3 Å². The van der Waals surface area contributed by atoms with Gasteiger partial charge >= 0.3 is 0 Å². The number of hydrogen-bond acceptors (Lipinski definition) is 6. The number of nitroso groups, excluding NO2 is 1. The molecule has 0 radical (unpaired) electrons. The number of halogens is 1. The highest BCUT2D eigenvalue weighted by atomic mass is 35.5. The van der Waals surface area contributed by atoms with Crippen LogP contribution in [0.5, 0.6) is 5.75 Å². The molecular formula is C44H57ClN4O3. The van der Waals surface area contributed by atoms with Crippen LogP contribution in [0, 0.1) is 4.91 Å². The first-order valence-corrected chi connectivity index (χ1v) is 19.0. The van der Waals surface area contributed by atoms with Gasteiger partial charge < -0.3 is 19.3 Å². The number of likely N-dealkylation sites (tertiary alicyclic amines) is 1. The molecule has 0 aliphatic carbocycles. The van der Waals surface area contributed by atoms with Crippen molar-refractivity contribution in [1.29, 1.82) is 0 Å². The smallest absolute Gasteiger partial charge is 0.127 e. The molecule has 8 heteroatoms. The van der Waals surface area contributed by atoms with Crippen LogP contribution in [0.1, 0.15) is 74.3 Å².